The molecule has 0 fully saturated rings. The Hall–Kier alpha value is -2.18. The molecule has 0 saturated heterocycles. The van der Waals surface area contributed by atoms with E-state index in [9.17, 15) is 13.6 Å². The molecule has 0 spiro atoms. The van der Waals surface area contributed by atoms with Crippen LogP contribution in [0.1, 0.15) is 24.1 Å². The Labute approximate surface area is 156 Å². The highest BCUT2D eigenvalue weighted by atomic mass is 35.5. The molecule has 2 rings (SSSR count). The Morgan fingerprint density at radius 3 is 2.38 bits per heavy atom. The van der Waals surface area contributed by atoms with E-state index in [1.165, 1.54) is 12.1 Å². The Balaban J connectivity index is 1.67. The molecule has 2 aromatic rings. The van der Waals surface area contributed by atoms with E-state index in [1.54, 1.807) is 12.1 Å². The van der Waals surface area contributed by atoms with Crippen molar-refractivity contribution < 1.29 is 18.3 Å². The summed E-state index contributed by atoms with van der Waals surface area (Å²) in [7, 11) is 0. The summed E-state index contributed by atoms with van der Waals surface area (Å²) in [6.45, 7) is -0.196. The van der Waals surface area contributed by atoms with Gasteiger partial charge in [0.25, 0.3) is 0 Å². The number of ether oxygens (including phenoxy) is 1. The molecule has 0 saturated carbocycles. The van der Waals surface area contributed by atoms with Crippen LogP contribution in [-0.2, 0) is 11.2 Å². The third kappa shape index (κ3) is 6.98. The second kappa shape index (κ2) is 10.1. The van der Waals surface area contributed by atoms with Crippen molar-refractivity contribution in [3.8, 4) is 5.75 Å². The fourth-order valence-corrected chi connectivity index (χ4v) is 2.49. The number of rotatable bonds is 9. The van der Waals surface area contributed by atoms with Crippen molar-refractivity contribution in [3.05, 3.63) is 64.7 Å². The predicted molar refractivity (Wildman–Crippen MR) is 97.7 cm³/mol. The number of nitrogens with one attached hydrogen (secondary N) is 2. The summed E-state index contributed by atoms with van der Waals surface area (Å²) in [5, 5.41) is 6.64. The quantitative estimate of drug-likeness (QED) is 0.690. The van der Waals surface area contributed by atoms with Crippen molar-refractivity contribution in [2.75, 3.05) is 13.1 Å². The average Bonchev–Trinajstić information content (AvgIpc) is 2.61. The van der Waals surface area contributed by atoms with Crippen LogP contribution in [0.25, 0.3) is 0 Å². The number of amides is 1. The van der Waals surface area contributed by atoms with Gasteiger partial charge in [0.05, 0.1) is 6.54 Å². The molecule has 140 valence electrons. The van der Waals surface area contributed by atoms with Crippen molar-refractivity contribution in [3.63, 3.8) is 0 Å². The first-order chi connectivity index (χ1) is 12.4. The van der Waals surface area contributed by atoms with Gasteiger partial charge in [-0.25, -0.2) is 0 Å². The van der Waals surface area contributed by atoms with Crippen LogP contribution in [0.5, 0.6) is 5.75 Å². The van der Waals surface area contributed by atoms with E-state index < -0.39 is 6.61 Å². The van der Waals surface area contributed by atoms with Gasteiger partial charge in [-0.1, -0.05) is 35.9 Å². The van der Waals surface area contributed by atoms with Crippen LogP contribution in [0.2, 0.25) is 5.02 Å². The van der Waals surface area contributed by atoms with E-state index in [4.69, 9.17) is 11.6 Å². The summed E-state index contributed by atoms with van der Waals surface area (Å²) in [4.78, 5) is 11.9. The normalized spacial score (nSPS) is 12.0. The maximum Gasteiger partial charge on any atom is 0.387 e. The molecule has 0 aliphatic rings. The Bertz CT molecular complexity index is 694. The van der Waals surface area contributed by atoms with E-state index in [0.29, 0.717) is 18.0 Å². The minimum atomic E-state index is -2.83. The van der Waals surface area contributed by atoms with E-state index >= 15 is 0 Å². The van der Waals surface area contributed by atoms with E-state index in [2.05, 4.69) is 15.4 Å². The summed E-state index contributed by atoms with van der Waals surface area (Å²) in [5.41, 5.74) is 1.97. The van der Waals surface area contributed by atoms with E-state index in [0.717, 1.165) is 11.1 Å². The summed E-state index contributed by atoms with van der Waals surface area (Å²) in [5.74, 6) is 0.0108. The summed E-state index contributed by atoms with van der Waals surface area (Å²) in [6.07, 6.45) is 0.605. The van der Waals surface area contributed by atoms with Gasteiger partial charge in [-0.15, -0.1) is 0 Å². The van der Waals surface area contributed by atoms with Gasteiger partial charge in [0.15, 0.2) is 0 Å². The first-order valence-electron chi connectivity index (χ1n) is 8.23. The van der Waals surface area contributed by atoms with Gasteiger partial charge in [0.1, 0.15) is 5.75 Å². The maximum atomic E-state index is 12.1. The lowest BCUT2D eigenvalue weighted by atomic mass is 10.1. The molecule has 2 N–H and O–H groups in total. The first kappa shape index (κ1) is 20.1. The molecule has 2 aromatic carbocycles. The lowest BCUT2D eigenvalue weighted by Gasteiger charge is -2.14. The molecule has 1 amide bonds. The van der Waals surface area contributed by atoms with Crippen molar-refractivity contribution in [1.29, 1.82) is 0 Å². The van der Waals surface area contributed by atoms with Gasteiger partial charge in [-0.2, -0.15) is 8.78 Å². The topological polar surface area (TPSA) is 50.4 Å². The van der Waals surface area contributed by atoms with Gasteiger partial charge < -0.3 is 15.4 Å². The van der Waals surface area contributed by atoms with E-state index in [1.807, 2.05) is 31.2 Å². The molecule has 0 heterocycles. The number of carbonyl (C=O) groups is 1. The molecule has 0 aromatic heterocycles. The largest absolute Gasteiger partial charge is 0.435 e. The van der Waals surface area contributed by atoms with Gasteiger partial charge in [-0.3, -0.25) is 4.79 Å². The Morgan fingerprint density at radius 1 is 1.12 bits per heavy atom. The first-order valence-corrected chi connectivity index (χ1v) is 8.61. The third-order valence-electron chi connectivity index (χ3n) is 3.82. The number of hydrogen-bond acceptors (Lipinski definition) is 3. The summed E-state index contributed by atoms with van der Waals surface area (Å²) >= 11 is 5.86. The van der Waals surface area contributed by atoms with Crippen LogP contribution in [0.15, 0.2) is 48.5 Å². The zero-order chi connectivity index (χ0) is 18.9. The molecule has 26 heavy (non-hydrogen) atoms. The molecule has 0 aliphatic carbocycles. The Morgan fingerprint density at radius 2 is 1.77 bits per heavy atom. The monoisotopic (exact) mass is 382 g/mol. The summed E-state index contributed by atoms with van der Waals surface area (Å²) < 4.78 is 28.5. The third-order valence-corrected chi connectivity index (χ3v) is 4.08. The molecule has 0 unspecified atom stereocenters. The fraction of sp³-hybridized carbons (Fsp3) is 0.316. The van der Waals surface area contributed by atoms with E-state index in [-0.39, 0.29) is 24.2 Å². The van der Waals surface area contributed by atoms with Gasteiger partial charge >= 0.3 is 6.61 Å². The predicted octanol–water partition coefficient (Wildman–Crippen LogP) is 3.95. The highest BCUT2D eigenvalue weighted by Gasteiger charge is 2.08. The average molecular weight is 383 g/mol. The molecule has 0 aliphatic heterocycles. The number of halogens is 3. The Kier molecular flexibility index (Phi) is 7.81. The molecule has 7 heteroatoms. The zero-order valence-corrected chi connectivity index (χ0v) is 15.1. The minimum Gasteiger partial charge on any atom is -0.435 e. The molecular formula is C19H21ClF2N2O2. The van der Waals surface area contributed by atoms with Gasteiger partial charge in [-0.05, 0) is 48.7 Å². The lowest BCUT2D eigenvalue weighted by molar-refractivity contribution is -0.120. The minimum absolute atomic E-state index is 0.0281. The van der Waals surface area contributed by atoms with Crippen molar-refractivity contribution in [2.24, 2.45) is 0 Å². The molecular weight excluding hydrogens is 362 g/mol. The maximum absolute atomic E-state index is 12.1. The lowest BCUT2D eigenvalue weighted by Crippen LogP contribution is -2.36. The highest BCUT2D eigenvalue weighted by molar-refractivity contribution is 6.30. The van der Waals surface area contributed by atoms with Gasteiger partial charge in [0.2, 0.25) is 5.91 Å². The number of benzene rings is 2. The van der Waals surface area contributed by atoms with Crippen LogP contribution < -0.4 is 15.4 Å². The van der Waals surface area contributed by atoms with Crippen LogP contribution in [-0.4, -0.2) is 25.6 Å². The molecule has 4 nitrogen and oxygen atoms in total. The van der Waals surface area contributed by atoms with Crippen molar-refractivity contribution in [2.45, 2.75) is 26.0 Å². The zero-order valence-electron chi connectivity index (χ0n) is 14.3. The second-order valence-electron chi connectivity index (χ2n) is 5.78. The van der Waals surface area contributed by atoms with Crippen LogP contribution >= 0.6 is 11.6 Å². The van der Waals surface area contributed by atoms with Crippen LogP contribution in [0, 0.1) is 0 Å². The smallest absolute Gasteiger partial charge is 0.387 e. The summed E-state index contributed by atoms with van der Waals surface area (Å²) in [6, 6.07) is 13.9. The number of carbonyl (C=O) groups excluding carboxylic acids is 1. The number of hydrogen-bond donors (Lipinski definition) is 2. The number of alkyl halides is 2. The molecule has 0 radical (unpaired) electrons. The molecule has 1 atom stereocenters. The SMILES string of the molecule is C[C@@H](NCC(=O)NCCc1ccc(OC(F)F)cc1)c1ccc(Cl)cc1. The standard InChI is InChI=1S/C19H21ClF2N2O2/c1-13(15-4-6-16(20)7-5-15)24-12-18(25)23-11-10-14-2-8-17(9-3-14)26-19(21)22/h2-9,13,19,24H,10-12H2,1H3,(H,23,25)/t13-/m1/s1. The van der Waals surface area contributed by atoms with Gasteiger partial charge in [0, 0.05) is 17.6 Å². The second-order valence-corrected chi connectivity index (χ2v) is 6.21. The van der Waals surface area contributed by atoms with Crippen molar-refractivity contribution in [1.82, 2.24) is 10.6 Å². The fourth-order valence-electron chi connectivity index (χ4n) is 2.36. The van der Waals surface area contributed by atoms with Crippen molar-refractivity contribution >= 4 is 17.5 Å². The molecule has 0 bridgehead atoms. The van der Waals surface area contributed by atoms with Crippen LogP contribution in [0.4, 0.5) is 8.78 Å². The van der Waals surface area contributed by atoms with Crippen LogP contribution in [0.3, 0.4) is 0 Å². The highest BCUT2D eigenvalue weighted by Crippen LogP contribution is 2.16.